The van der Waals surface area contributed by atoms with Crippen molar-refractivity contribution in [1.29, 1.82) is 0 Å². The van der Waals surface area contributed by atoms with E-state index < -0.39 is 0 Å². The van der Waals surface area contributed by atoms with Crippen molar-refractivity contribution in [1.82, 2.24) is 14.8 Å². The Morgan fingerprint density at radius 3 is 2.67 bits per heavy atom. The van der Waals surface area contributed by atoms with E-state index in [9.17, 15) is 4.79 Å². The molecule has 0 bridgehead atoms. The molecule has 2 aromatic rings. The van der Waals surface area contributed by atoms with E-state index in [1.807, 2.05) is 26.0 Å². The largest absolute Gasteiger partial charge is 0.381 e. The van der Waals surface area contributed by atoms with Gasteiger partial charge in [-0.2, -0.15) is 5.10 Å². The van der Waals surface area contributed by atoms with Gasteiger partial charge in [0.15, 0.2) is 5.82 Å². The highest BCUT2D eigenvalue weighted by Crippen LogP contribution is 2.27. The van der Waals surface area contributed by atoms with Crippen molar-refractivity contribution >= 4 is 11.7 Å². The summed E-state index contributed by atoms with van der Waals surface area (Å²) in [5.74, 6) is 0.902. The van der Waals surface area contributed by atoms with E-state index in [2.05, 4.69) is 33.9 Å². The summed E-state index contributed by atoms with van der Waals surface area (Å²) in [6.45, 7) is 9.83. The van der Waals surface area contributed by atoms with Crippen LogP contribution in [0, 0.1) is 13.8 Å². The van der Waals surface area contributed by atoms with Crippen LogP contribution < -0.4 is 5.32 Å². The zero-order valence-electron chi connectivity index (χ0n) is 14.8. The second-order valence-corrected chi connectivity index (χ2v) is 6.80. The third kappa shape index (κ3) is 3.24. The van der Waals surface area contributed by atoms with Crippen molar-refractivity contribution in [2.75, 3.05) is 18.5 Å². The van der Waals surface area contributed by atoms with Gasteiger partial charge >= 0.3 is 0 Å². The van der Waals surface area contributed by atoms with Gasteiger partial charge in [-0.25, -0.2) is 0 Å². The van der Waals surface area contributed by atoms with Crippen LogP contribution in [0.3, 0.4) is 0 Å². The summed E-state index contributed by atoms with van der Waals surface area (Å²) in [5, 5.41) is 10.2. The Balaban J connectivity index is 1.73. The molecule has 1 amide bonds. The maximum absolute atomic E-state index is 12.6. The maximum Gasteiger partial charge on any atom is 0.258 e. The smallest absolute Gasteiger partial charge is 0.258 e. The van der Waals surface area contributed by atoms with Gasteiger partial charge in [-0.1, -0.05) is 0 Å². The van der Waals surface area contributed by atoms with Gasteiger partial charge in [0.25, 0.3) is 5.91 Å². The van der Waals surface area contributed by atoms with Crippen LogP contribution >= 0.6 is 0 Å². The van der Waals surface area contributed by atoms with Crippen LogP contribution in [0.15, 0.2) is 12.1 Å². The van der Waals surface area contributed by atoms with Gasteiger partial charge in [-0.05, 0) is 46.6 Å². The molecular formula is C18H26N4O2. The van der Waals surface area contributed by atoms with Crippen LogP contribution in [0.2, 0.25) is 0 Å². The molecule has 6 nitrogen and oxygen atoms in total. The monoisotopic (exact) mass is 330 g/mol. The minimum atomic E-state index is -0.111. The van der Waals surface area contributed by atoms with Crippen LogP contribution in [0.5, 0.6) is 0 Å². The number of aryl methyl sites for hydroxylation is 1. The van der Waals surface area contributed by atoms with E-state index in [4.69, 9.17) is 4.74 Å². The summed E-state index contributed by atoms with van der Waals surface area (Å²) in [6.07, 6.45) is 1.98. The van der Waals surface area contributed by atoms with Gasteiger partial charge in [0, 0.05) is 48.3 Å². The molecule has 24 heavy (non-hydrogen) atoms. The van der Waals surface area contributed by atoms with Crippen molar-refractivity contribution < 1.29 is 9.53 Å². The molecular weight excluding hydrogens is 304 g/mol. The highest BCUT2D eigenvalue weighted by Gasteiger charge is 2.20. The molecule has 0 aliphatic carbocycles. The number of hydrogen-bond donors (Lipinski definition) is 2. The first-order valence-corrected chi connectivity index (χ1v) is 8.60. The number of H-pyrrole nitrogens is 1. The first-order valence-electron chi connectivity index (χ1n) is 8.60. The fraction of sp³-hybridized carbons (Fsp3) is 0.556. The van der Waals surface area contributed by atoms with Gasteiger partial charge in [-0.15, -0.1) is 0 Å². The van der Waals surface area contributed by atoms with E-state index in [-0.39, 0.29) is 5.91 Å². The summed E-state index contributed by atoms with van der Waals surface area (Å²) in [7, 11) is 0. The minimum Gasteiger partial charge on any atom is -0.381 e. The average molecular weight is 330 g/mol. The summed E-state index contributed by atoms with van der Waals surface area (Å²) in [6, 6.07) is 4.21. The third-order valence-electron chi connectivity index (χ3n) is 4.75. The Morgan fingerprint density at radius 2 is 2.04 bits per heavy atom. The molecule has 3 rings (SSSR count). The quantitative estimate of drug-likeness (QED) is 0.900. The third-order valence-corrected chi connectivity index (χ3v) is 4.75. The second kappa shape index (κ2) is 6.81. The summed E-state index contributed by atoms with van der Waals surface area (Å²) < 4.78 is 7.56. The first-order chi connectivity index (χ1) is 11.5. The zero-order valence-corrected chi connectivity index (χ0v) is 14.8. The molecule has 0 spiro atoms. The predicted molar refractivity (Wildman–Crippen MR) is 93.6 cm³/mol. The molecule has 2 aromatic heterocycles. The number of aromatic amines is 1. The number of ether oxygens (including phenoxy) is 1. The van der Waals surface area contributed by atoms with Crippen molar-refractivity contribution in [3.05, 3.63) is 34.8 Å². The summed E-state index contributed by atoms with van der Waals surface area (Å²) in [5.41, 5.74) is 3.86. The molecule has 1 aliphatic rings. The SMILES string of the molecule is Cc1cc(C(=O)Nc2cc(C3CCOCC3)[nH]n2)c(C)n1C(C)C. The molecule has 1 fully saturated rings. The van der Waals surface area contributed by atoms with Gasteiger partial charge in [-0.3, -0.25) is 9.89 Å². The summed E-state index contributed by atoms with van der Waals surface area (Å²) in [4.78, 5) is 12.6. The highest BCUT2D eigenvalue weighted by atomic mass is 16.5. The van der Waals surface area contributed by atoms with Gasteiger partial charge < -0.3 is 14.6 Å². The van der Waals surface area contributed by atoms with E-state index in [0.29, 0.717) is 23.3 Å². The topological polar surface area (TPSA) is 71.9 Å². The Labute approximate surface area is 142 Å². The molecule has 130 valence electrons. The fourth-order valence-electron chi connectivity index (χ4n) is 3.60. The number of aromatic nitrogens is 3. The first kappa shape index (κ1) is 16.8. The number of nitrogens with zero attached hydrogens (tertiary/aromatic N) is 2. The molecule has 1 saturated heterocycles. The molecule has 3 heterocycles. The molecule has 6 heteroatoms. The predicted octanol–water partition coefficient (Wildman–Crippen LogP) is 3.56. The lowest BCUT2D eigenvalue weighted by atomic mass is 9.97. The fourth-order valence-corrected chi connectivity index (χ4v) is 3.60. The van der Waals surface area contributed by atoms with E-state index in [1.54, 1.807) is 0 Å². The molecule has 0 atom stereocenters. The lowest BCUT2D eigenvalue weighted by Crippen LogP contribution is -2.14. The van der Waals surface area contributed by atoms with Gasteiger partial charge in [0.1, 0.15) is 0 Å². The number of carbonyl (C=O) groups excluding carboxylic acids is 1. The summed E-state index contributed by atoms with van der Waals surface area (Å²) >= 11 is 0. The molecule has 0 radical (unpaired) electrons. The minimum absolute atomic E-state index is 0.111. The van der Waals surface area contributed by atoms with Crippen LogP contribution in [0.25, 0.3) is 0 Å². The van der Waals surface area contributed by atoms with Crippen LogP contribution in [0.1, 0.15) is 66.1 Å². The van der Waals surface area contributed by atoms with Gasteiger partial charge in [0.05, 0.1) is 5.56 Å². The number of hydrogen-bond acceptors (Lipinski definition) is 3. The lowest BCUT2D eigenvalue weighted by molar-refractivity contribution is 0.0845. The molecule has 0 aromatic carbocycles. The number of rotatable bonds is 4. The van der Waals surface area contributed by atoms with Crippen molar-refractivity contribution in [2.45, 2.75) is 52.5 Å². The van der Waals surface area contributed by atoms with Crippen molar-refractivity contribution in [2.24, 2.45) is 0 Å². The number of nitrogens with one attached hydrogen (secondary N) is 2. The normalized spacial score (nSPS) is 15.9. The molecule has 0 unspecified atom stereocenters. The van der Waals surface area contributed by atoms with Crippen LogP contribution in [-0.4, -0.2) is 33.9 Å². The van der Waals surface area contributed by atoms with E-state index >= 15 is 0 Å². The van der Waals surface area contributed by atoms with Crippen molar-refractivity contribution in [3.63, 3.8) is 0 Å². The van der Waals surface area contributed by atoms with E-state index in [0.717, 1.165) is 43.1 Å². The van der Waals surface area contributed by atoms with E-state index in [1.165, 1.54) is 0 Å². The Morgan fingerprint density at radius 1 is 1.33 bits per heavy atom. The second-order valence-electron chi connectivity index (χ2n) is 6.80. The zero-order chi connectivity index (χ0) is 17.3. The average Bonchev–Trinajstić information content (AvgIpc) is 3.12. The van der Waals surface area contributed by atoms with Crippen LogP contribution in [-0.2, 0) is 4.74 Å². The van der Waals surface area contributed by atoms with Crippen LogP contribution in [0.4, 0.5) is 5.82 Å². The molecule has 2 N–H and O–H groups in total. The number of carbonyl (C=O) groups is 1. The highest BCUT2D eigenvalue weighted by molar-refractivity contribution is 6.04. The standard InChI is InChI=1S/C18H26N4O2/c1-11(2)22-12(3)9-15(13(22)4)18(23)19-17-10-16(20-21-17)14-5-7-24-8-6-14/h9-11,14H,5-8H2,1-4H3,(H2,19,20,21,23). The number of anilines is 1. The number of amides is 1. The van der Waals surface area contributed by atoms with Crippen molar-refractivity contribution in [3.8, 4) is 0 Å². The molecule has 1 aliphatic heterocycles. The Bertz CT molecular complexity index is 723. The molecule has 0 saturated carbocycles. The van der Waals surface area contributed by atoms with Gasteiger partial charge in [0.2, 0.25) is 0 Å². The lowest BCUT2D eigenvalue weighted by Gasteiger charge is -2.20. The maximum atomic E-state index is 12.6. The Hall–Kier alpha value is -2.08. The Kier molecular flexibility index (Phi) is 4.76.